The average Bonchev–Trinajstić information content (AvgIpc) is 2.66. The maximum absolute atomic E-state index is 12.2. The minimum atomic E-state index is -0.230. The van der Waals surface area contributed by atoms with Gasteiger partial charge in [0.15, 0.2) is 11.5 Å². The van der Waals surface area contributed by atoms with Crippen molar-refractivity contribution in [1.82, 2.24) is 10.2 Å². The van der Waals surface area contributed by atoms with Gasteiger partial charge in [0, 0.05) is 37.1 Å². The summed E-state index contributed by atoms with van der Waals surface area (Å²) < 4.78 is 10.5. The van der Waals surface area contributed by atoms with Crippen LogP contribution in [-0.2, 0) is 11.3 Å². The van der Waals surface area contributed by atoms with Gasteiger partial charge in [0.05, 0.1) is 14.2 Å². The van der Waals surface area contributed by atoms with E-state index in [9.17, 15) is 9.59 Å². The number of methoxy groups -OCH3 is 2. The van der Waals surface area contributed by atoms with Gasteiger partial charge in [-0.05, 0) is 35.9 Å². The molecule has 0 saturated heterocycles. The monoisotopic (exact) mass is 390 g/mol. The van der Waals surface area contributed by atoms with Crippen LogP contribution >= 0.6 is 11.6 Å². The van der Waals surface area contributed by atoms with Gasteiger partial charge in [-0.3, -0.25) is 9.59 Å². The van der Waals surface area contributed by atoms with Crippen LogP contribution in [0.15, 0.2) is 42.5 Å². The molecule has 2 amide bonds. The van der Waals surface area contributed by atoms with Crippen molar-refractivity contribution in [1.29, 1.82) is 0 Å². The molecule has 0 aliphatic carbocycles. The Morgan fingerprint density at radius 3 is 2.44 bits per heavy atom. The van der Waals surface area contributed by atoms with E-state index in [1.165, 1.54) is 6.92 Å². The van der Waals surface area contributed by atoms with E-state index in [2.05, 4.69) is 5.32 Å². The first kappa shape index (κ1) is 20.6. The van der Waals surface area contributed by atoms with Gasteiger partial charge in [-0.25, -0.2) is 0 Å². The normalized spacial score (nSPS) is 10.2. The van der Waals surface area contributed by atoms with Gasteiger partial charge in [-0.15, -0.1) is 0 Å². The second-order valence-electron chi connectivity index (χ2n) is 5.90. The van der Waals surface area contributed by atoms with E-state index in [4.69, 9.17) is 21.1 Å². The summed E-state index contributed by atoms with van der Waals surface area (Å²) in [5.41, 5.74) is 1.39. The van der Waals surface area contributed by atoms with Gasteiger partial charge < -0.3 is 19.7 Å². The third-order valence-corrected chi connectivity index (χ3v) is 4.26. The highest BCUT2D eigenvalue weighted by Crippen LogP contribution is 2.28. The van der Waals surface area contributed by atoms with Crippen molar-refractivity contribution in [3.8, 4) is 11.5 Å². The largest absolute Gasteiger partial charge is 0.493 e. The Balaban J connectivity index is 1.96. The van der Waals surface area contributed by atoms with Crippen molar-refractivity contribution in [3.63, 3.8) is 0 Å². The Bertz CT molecular complexity index is 810. The molecule has 0 aliphatic heterocycles. The molecular weight excluding hydrogens is 368 g/mol. The van der Waals surface area contributed by atoms with Crippen LogP contribution in [0.1, 0.15) is 22.8 Å². The fourth-order valence-electron chi connectivity index (χ4n) is 2.58. The molecule has 144 valence electrons. The van der Waals surface area contributed by atoms with Gasteiger partial charge in [0.25, 0.3) is 5.91 Å². The maximum atomic E-state index is 12.2. The minimum Gasteiger partial charge on any atom is -0.493 e. The highest BCUT2D eigenvalue weighted by molar-refractivity contribution is 6.30. The predicted molar refractivity (Wildman–Crippen MR) is 104 cm³/mol. The Hall–Kier alpha value is -2.73. The summed E-state index contributed by atoms with van der Waals surface area (Å²) in [4.78, 5) is 25.8. The van der Waals surface area contributed by atoms with Gasteiger partial charge in [-0.1, -0.05) is 23.7 Å². The molecule has 0 fully saturated rings. The molecule has 6 nitrogen and oxygen atoms in total. The molecule has 0 saturated carbocycles. The molecule has 2 aromatic rings. The first-order chi connectivity index (χ1) is 12.9. The number of carbonyl (C=O) groups excluding carboxylic acids is 2. The number of nitrogens with one attached hydrogen (secondary N) is 1. The van der Waals surface area contributed by atoms with Crippen molar-refractivity contribution in [2.45, 2.75) is 13.5 Å². The number of halogens is 1. The third kappa shape index (κ3) is 5.89. The zero-order valence-corrected chi connectivity index (χ0v) is 16.4. The highest BCUT2D eigenvalue weighted by Gasteiger charge is 2.13. The fraction of sp³-hybridized carbons (Fsp3) is 0.300. The highest BCUT2D eigenvalue weighted by atomic mass is 35.5. The third-order valence-electron chi connectivity index (χ3n) is 4.02. The molecule has 0 heterocycles. The standard InChI is InChI=1S/C20H23ClN2O4/c1-14(24)23(13-15-7-8-18(26-2)19(11-15)27-3)10-9-22-20(25)16-5-4-6-17(21)12-16/h4-8,11-12H,9-10,13H2,1-3H3,(H,22,25). The molecule has 0 spiro atoms. The Kier molecular flexibility index (Phi) is 7.49. The van der Waals surface area contributed by atoms with E-state index in [0.717, 1.165) is 5.56 Å². The molecule has 7 heteroatoms. The molecular formula is C20H23ClN2O4. The van der Waals surface area contributed by atoms with E-state index in [1.807, 2.05) is 12.1 Å². The van der Waals surface area contributed by atoms with Crippen LogP contribution in [0.5, 0.6) is 11.5 Å². The summed E-state index contributed by atoms with van der Waals surface area (Å²) in [7, 11) is 3.14. The summed E-state index contributed by atoms with van der Waals surface area (Å²) in [5.74, 6) is 0.922. The first-order valence-corrected chi connectivity index (χ1v) is 8.82. The van der Waals surface area contributed by atoms with Crippen LogP contribution in [0.4, 0.5) is 0 Å². The van der Waals surface area contributed by atoms with Crippen molar-refractivity contribution >= 4 is 23.4 Å². The zero-order chi connectivity index (χ0) is 19.8. The number of nitrogens with zero attached hydrogens (tertiary/aromatic N) is 1. The van der Waals surface area contributed by atoms with E-state index in [1.54, 1.807) is 49.5 Å². The van der Waals surface area contributed by atoms with Crippen LogP contribution in [-0.4, -0.2) is 44.0 Å². The quantitative estimate of drug-likeness (QED) is 0.751. The van der Waals surface area contributed by atoms with E-state index < -0.39 is 0 Å². The maximum Gasteiger partial charge on any atom is 0.251 e. The minimum absolute atomic E-state index is 0.0817. The van der Waals surface area contributed by atoms with Gasteiger partial charge in [0.1, 0.15) is 0 Å². The van der Waals surface area contributed by atoms with Crippen molar-refractivity contribution < 1.29 is 19.1 Å². The number of hydrogen-bond acceptors (Lipinski definition) is 4. The molecule has 1 N–H and O–H groups in total. The predicted octanol–water partition coefficient (Wildman–Crippen LogP) is 3.14. The van der Waals surface area contributed by atoms with Crippen LogP contribution in [0.2, 0.25) is 5.02 Å². The van der Waals surface area contributed by atoms with Crippen molar-refractivity contribution in [2.24, 2.45) is 0 Å². The van der Waals surface area contributed by atoms with Crippen LogP contribution < -0.4 is 14.8 Å². The SMILES string of the molecule is COc1ccc(CN(CCNC(=O)c2cccc(Cl)c2)C(C)=O)cc1OC. The van der Waals surface area contributed by atoms with Crippen LogP contribution in [0, 0.1) is 0 Å². The molecule has 0 unspecified atom stereocenters. The fourth-order valence-corrected chi connectivity index (χ4v) is 2.77. The number of rotatable bonds is 8. The summed E-state index contributed by atoms with van der Waals surface area (Å²) in [6.45, 7) is 2.62. The van der Waals surface area contributed by atoms with Crippen LogP contribution in [0.3, 0.4) is 0 Å². The Morgan fingerprint density at radius 2 is 1.81 bits per heavy atom. The number of benzene rings is 2. The zero-order valence-electron chi connectivity index (χ0n) is 15.6. The second kappa shape index (κ2) is 9.83. The Morgan fingerprint density at radius 1 is 1.07 bits per heavy atom. The lowest BCUT2D eigenvalue weighted by Gasteiger charge is -2.22. The van der Waals surface area contributed by atoms with Crippen molar-refractivity contribution in [3.05, 3.63) is 58.6 Å². The number of hydrogen-bond donors (Lipinski definition) is 1. The molecule has 0 radical (unpaired) electrons. The van der Waals surface area contributed by atoms with Gasteiger partial charge in [0.2, 0.25) is 5.91 Å². The topological polar surface area (TPSA) is 67.9 Å². The van der Waals surface area contributed by atoms with Crippen molar-refractivity contribution in [2.75, 3.05) is 27.3 Å². The van der Waals surface area contributed by atoms with Gasteiger partial charge in [-0.2, -0.15) is 0 Å². The summed E-state index contributed by atoms with van der Waals surface area (Å²) >= 11 is 5.90. The number of carbonyl (C=O) groups is 2. The lowest BCUT2D eigenvalue weighted by Crippen LogP contribution is -2.37. The first-order valence-electron chi connectivity index (χ1n) is 8.44. The Labute approximate surface area is 164 Å². The lowest BCUT2D eigenvalue weighted by molar-refractivity contribution is -0.129. The average molecular weight is 391 g/mol. The number of ether oxygens (including phenoxy) is 2. The van der Waals surface area contributed by atoms with E-state index in [-0.39, 0.29) is 11.8 Å². The second-order valence-corrected chi connectivity index (χ2v) is 6.33. The molecule has 2 aromatic carbocycles. The van der Waals surface area contributed by atoms with E-state index >= 15 is 0 Å². The smallest absolute Gasteiger partial charge is 0.251 e. The summed E-state index contributed by atoms with van der Waals surface area (Å²) in [6.07, 6.45) is 0. The van der Waals surface area contributed by atoms with Crippen LogP contribution in [0.25, 0.3) is 0 Å². The lowest BCUT2D eigenvalue weighted by atomic mass is 10.2. The van der Waals surface area contributed by atoms with E-state index in [0.29, 0.717) is 41.7 Å². The molecule has 2 rings (SSSR count). The molecule has 27 heavy (non-hydrogen) atoms. The summed E-state index contributed by atoms with van der Waals surface area (Å²) in [5, 5.41) is 3.30. The molecule has 0 bridgehead atoms. The summed E-state index contributed by atoms with van der Waals surface area (Å²) in [6, 6.07) is 12.2. The van der Waals surface area contributed by atoms with Gasteiger partial charge >= 0.3 is 0 Å². The molecule has 0 aromatic heterocycles. The number of amides is 2. The molecule has 0 atom stereocenters. The molecule has 0 aliphatic rings.